The monoisotopic (exact) mass is 196 g/mol. The lowest BCUT2D eigenvalue weighted by atomic mass is 9.80. The van der Waals surface area contributed by atoms with Crippen LogP contribution in [-0.2, 0) is 14.3 Å². The fourth-order valence-corrected chi connectivity index (χ4v) is 2.99. The summed E-state index contributed by atoms with van der Waals surface area (Å²) in [4.78, 5) is 23.2. The van der Waals surface area contributed by atoms with Gasteiger partial charge in [0.15, 0.2) is 0 Å². The second kappa shape index (κ2) is 3.37. The third-order valence-electron chi connectivity index (χ3n) is 3.63. The first-order chi connectivity index (χ1) is 6.69. The molecule has 78 valence electrons. The van der Waals surface area contributed by atoms with Gasteiger partial charge in [-0.25, -0.2) is 0 Å². The number of Topliss-reactive ketones (excluding diaryl/α,β-unsaturated/α-hetero) is 1. The van der Waals surface area contributed by atoms with Gasteiger partial charge in [0.2, 0.25) is 0 Å². The molecule has 0 radical (unpaired) electrons. The van der Waals surface area contributed by atoms with Crippen LogP contribution in [-0.4, -0.2) is 18.4 Å². The van der Waals surface area contributed by atoms with Crippen LogP contribution in [0.4, 0.5) is 0 Å². The summed E-state index contributed by atoms with van der Waals surface area (Å²) in [6.45, 7) is 2.23. The van der Waals surface area contributed by atoms with E-state index in [9.17, 15) is 9.59 Å². The van der Waals surface area contributed by atoms with Crippen LogP contribution < -0.4 is 0 Å². The first-order valence-corrected chi connectivity index (χ1v) is 5.38. The van der Waals surface area contributed by atoms with E-state index in [1.54, 1.807) is 0 Å². The van der Waals surface area contributed by atoms with Gasteiger partial charge in [-0.15, -0.1) is 0 Å². The topological polar surface area (TPSA) is 43.4 Å². The zero-order valence-corrected chi connectivity index (χ0v) is 8.54. The van der Waals surface area contributed by atoms with Crippen molar-refractivity contribution >= 4 is 11.8 Å². The third-order valence-corrected chi connectivity index (χ3v) is 3.63. The van der Waals surface area contributed by atoms with Crippen LogP contribution in [0.2, 0.25) is 0 Å². The van der Waals surface area contributed by atoms with Crippen molar-refractivity contribution < 1.29 is 14.3 Å². The number of ketones is 1. The van der Waals surface area contributed by atoms with Crippen molar-refractivity contribution in [1.82, 2.24) is 0 Å². The summed E-state index contributed by atoms with van der Waals surface area (Å²) in [6, 6.07) is 0. The second-order valence-corrected chi connectivity index (χ2v) is 4.39. The van der Waals surface area contributed by atoms with Gasteiger partial charge in [0.1, 0.15) is 5.78 Å². The lowest BCUT2D eigenvalue weighted by Crippen LogP contribution is -2.32. The van der Waals surface area contributed by atoms with Crippen molar-refractivity contribution in [1.29, 1.82) is 0 Å². The average Bonchev–Trinajstić information content (AvgIpc) is 2.61. The summed E-state index contributed by atoms with van der Waals surface area (Å²) in [6.07, 6.45) is 3.96. The van der Waals surface area contributed by atoms with Gasteiger partial charge in [-0.3, -0.25) is 9.59 Å². The van der Waals surface area contributed by atoms with E-state index in [0.717, 1.165) is 19.3 Å². The van der Waals surface area contributed by atoms with Gasteiger partial charge in [-0.05, 0) is 25.7 Å². The van der Waals surface area contributed by atoms with Gasteiger partial charge < -0.3 is 4.74 Å². The molecular formula is C11H16O3. The molecular weight excluding hydrogens is 180 g/mol. The van der Waals surface area contributed by atoms with Gasteiger partial charge in [-0.2, -0.15) is 0 Å². The number of carbonyl (C=O) groups excluding carboxylic acids is 2. The number of esters is 1. The Morgan fingerprint density at radius 3 is 3.14 bits per heavy atom. The van der Waals surface area contributed by atoms with Crippen molar-refractivity contribution in [3.63, 3.8) is 0 Å². The first kappa shape index (κ1) is 9.69. The molecule has 2 rings (SSSR count). The summed E-state index contributed by atoms with van der Waals surface area (Å²) in [5, 5.41) is 0. The van der Waals surface area contributed by atoms with Crippen molar-refractivity contribution in [3.05, 3.63) is 0 Å². The minimum absolute atomic E-state index is 0.131. The van der Waals surface area contributed by atoms with E-state index in [1.807, 2.05) is 6.92 Å². The predicted molar refractivity (Wildman–Crippen MR) is 50.6 cm³/mol. The van der Waals surface area contributed by atoms with Crippen LogP contribution >= 0.6 is 0 Å². The normalized spacial score (nSPS) is 35.8. The average molecular weight is 196 g/mol. The molecule has 0 N–H and O–H groups in total. The fourth-order valence-electron chi connectivity index (χ4n) is 2.99. The smallest absolute Gasteiger partial charge is 0.312 e. The fraction of sp³-hybridized carbons (Fsp3) is 0.818. The molecule has 0 heterocycles. The van der Waals surface area contributed by atoms with E-state index in [1.165, 1.54) is 0 Å². The number of fused-ring (bicyclic) bond motifs is 1. The van der Waals surface area contributed by atoms with Crippen molar-refractivity contribution in [3.8, 4) is 0 Å². The summed E-state index contributed by atoms with van der Waals surface area (Å²) in [5.41, 5.74) is -0.424. The Morgan fingerprint density at radius 2 is 2.43 bits per heavy atom. The summed E-state index contributed by atoms with van der Waals surface area (Å²) in [5.74, 6) is 0.380. The standard InChI is InChI=1S/C11H16O3/c1-2-14-10(13)11-5-3-4-8(11)6-9(12)7-11/h8H,2-7H2,1H3/t8-,11+/m0/s1. The molecule has 2 saturated carbocycles. The number of rotatable bonds is 2. The Labute approximate surface area is 83.8 Å². The molecule has 2 atom stereocenters. The van der Waals surface area contributed by atoms with Gasteiger partial charge in [-0.1, -0.05) is 6.42 Å². The molecule has 2 fully saturated rings. The highest BCUT2D eigenvalue weighted by molar-refractivity contribution is 5.91. The van der Waals surface area contributed by atoms with Crippen LogP contribution in [0.15, 0.2) is 0 Å². The molecule has 0 aromatic heterocycles. The largest absolute Gasteiger partial charge is 0.466 e. The van der Waals surface area contributed by atoms with Crippen LogP contribution in [0.25, 0.3) is 0 Å². The van der Waals surface area contributed by atoms with Crippen LogP contribution in [0.3, 0.4) is 0 Å². The molecule has 14 heavy (non-hydrogen) atoms. The molecule has 0 bridgehead atoms. The predicted octanol–water partition coefficient (Wildman–Crippen LogP) is 1.70. The molecule has 2 aliphatic carbocycles. The summed E-state index contributed by atoms with van der Waals surface area (Å²) < 4.78 is 5.09. The van der Waals surface area contributed by atoms with E-state index in [0.29, 0.717) is 19.4 Å². The molecule has 0 saturated heterocycles. The minimum Gasteiger partial charge on any atom is -0.466 e. The SMILES string of the molecule is CCOC(=O)[C@@]12CCC[C@H]1CC(=O)C2. The zero-order valence-electron chi connectivity index (χ0n) is 8.54. The molecule has 2 aliphatic rings. The molecule has 3 heteroatoms. The van der Waals surface area contributed by atoms with Crippen molar-refractivity contribution in [2.75, 3.05) is 6.61 Å². The van der Waals surface area contributed by atoms with Crippen molar-refractivity contribution in [2.45, 2.75) is 39.0 Å². The van der Waals surface area contributed by atoms with E-state index in [2.05, 4.69) is 0 Å². The van der Waals surface area contributed by atoms with Gasteiger partial charge in [0.05, 0.1) is 12.0 Å². The van der Waals surface area contributed by atoms with Gasteiger partial charge in [0, 0.05) is 12.8 Å². The van der Waals surface area contributed by atoms with Crippen molar-refractivity contribution in [2.24, 2.45) is 11.3 Å². The van der Waals surface area contributed by atoms with Gasteiger partial charge >= 0.3 is 5.97 Å². The molecule has 0 unspecified atom stereocenters. The molecule has 0 amide bonds. The Balaban J connectivity index is 2.19. The Bertz CT molecular complexity index is 272. The lowest BCUT2D eigenvalue weighted by molar-refractivity contribution is -0.157. The Hall–Kier alpha value is -0.860. The number of hydrogen-bond acceptors (Lipinski definition) is 3. The van der Waals surface area contributed by atoms with Crippen LogP contribution in [0.1, 0.15) is 39.0 Å². The van der Waals surface area contributed by atoms with E-state index >= 15 is 0 Å². The maximum Gasteiger partial charge on any atom is 0.312 e. The lowest BCUT2D eigenvalue weighted by Gasteiger charge is -2.25. The zero-order chi connectivity index (χ0) is 10.2. The minimum atomic E-state index is -0.424. The van der Waals surface area contributed by atoms with E-state index in [4.69, 9.17) is 4.74 Å². The number of ether oxygens (including phenoxy) is 1. The highest BCUT2D eigenvalue weighted by Gasteiger charge is 2.55. The molecule has 0 aliphatic heterocycles. The highest BCUT2D eigenvalue weighted by Crippen LogP contribution is 2.53. The number of hydrogen-bond donors (Lipinski definition) is 0. The number of carbonyl (C=O) groups is 2. The summed E-state index contributed by atoms with van der Waals surface area (Å²) >= 11 is 0. The van der Waals surface area contributed by atoms with Crippen LogP contribution in [0.5, 0.6) is 0 Å². The molecule has 0 aromatic rings. The van der Waals surface area contributed by atoms with E-state index in [-0.39, 0.29) is 17.7 Å². The molecule has 0 aromatic carbocycles. The third kappa shape index (κ3) is 1.26. The van der Waals surface area contributed by atoms with E-state index < -0.39 is 5.41 Å². The van der Waals surface area contributed by atoms with Crippen LogP contribution in [0, 0.1) is 11.3 Å². The Morgan fingerprint density at radius 1 is 1.64 bits per heavy atom. The quantitative estimate of drug-likeness (QED) is 0.631. The maximum atomic E-state index is 11.8. The summed E-state index contributed by atoms with van der Waals surface area (Å²) in [7, 11) is 0. The molecule has 0 spiro atoms. The Kier molecular flexibility index (Phi) is 2.33. The highest BCUT2D eigenvalue weighted by atomic mass is 16.5. The first-order valence-electron chi connectivity index (χ1n) is 5.38. The second-order valence-electron chi connectivity index (χ2n) is 4.39. The molecule has 3 nitrogen and oxygen atoms in total. The maximum absolute atomic E-state index is 11.8. The van der Waals surface area contributed by atoms with Gasteiger partial charge in [0.25, 0.3) is 0 Å².